The highest BCUT2D eigenvalue weighted by atomic mass is 32.2. The SMILES string of the molecule is Cc1sc2nc(CS[C@@H](C)C(=O)O[C@H](C)C(=O)NC3CC3)[nH]c(=O)c2c1C. The number of amides is 1. The Labute approximate surface area is 165 Å². The highest BCUT2D eigenvalue weighted by Gasteiger charge is 2.28. The molecule has 2 aromatic rings. The van der Waals surface area contributed by atoms with Crippen LogP contribution in [0.5, 0.6) is 0 Å². The lowest BCUT2D eigenvalue weighted by molar-refractivity contribution is -0.154. The minimum atomic E-state index is -0.812. The van der Waals surface area contributed by atoms with Crippen LogP contribution in [0.25, 0.3) is 10.2 Å². The van der Waals surface area contributed by atoms with E-state index in [4.69, 9.17) is 4.74 Å². The summed E-state index contributed by atoms with van der Waals surface area (Å²) in [6.07, 6.45) is 1.15. The Hall–Kier alpha value is -1.87. The van der Waals surface area contributed by atoms with Gasteiger partial charge in [-0.05, 0) is 46.1 Å². The van der Waals surface area contributed by atoms with Crippen molar-refractivity contribution in [2.24, 2.45) is 0 Å². The van der Waals surface area contributed by atoms with Crippen molar-refractivity contribution in [2.45, 2.75) is 63.7 Å². The molecule has 2 N–H and O–H groups in total. The minimum Gasteiger partial charge on any atom is -0.452 e. The standard InChI is InChI=1S/C18H23N3O4S2/c1-8-10(3)27-17-14(8)16(23)20-13(21-17)7-26-11(4)18(24)25-9(2)15(22)19-12-5-6-12/h9,11-12H,5-7H2,1-4H3,(H,19,22)(H,20,21,23)/t9-,11+/m1/s1. The number of ether oxygens (including phenoxy) is 1. The van der Waals surface area contributed by atoms with E-state index in [1.165, 1.54) is 23.1 Å². The van der Waals surface area contributed by atoms with Gasteiger partial charge in [0.2, 0.25) is 0 Å². The maximum atomic E-state index is 12.3. The molecule has 146 valence electrons. The summed E-state index contributed by atoms with van der Waals surface area (Å²) >= 11 is 2.80. The van der Waals surface area contributed by atoms with Gasteiger partial charge >= 0.3 is 5.97 Å². The summed E-state index contributed by atoms with van der Waals surface area (Å²) in [5.74, 6) is 0.186. The fraction of sp³-hybridized carbons (Fsp3) is 0.556. The van der Waals surface area contributed by atoms with Gasteiger partial charge in [-0.3, -0.25) is 14.4 Å². The molecule has 0 unspecified atom stereocenters. The molecule has 2 aromatic heterocycles. The first-order chi connectivity index (χ1) is 12.8. The Morgan fingerprint density at radius 1 is 1.37 bits per heavy atom. The van der Waals surface area contributed by atoms with Gasteiger partial charge < -0.3 is 15.0 Å². The Morgan fingerprint density at radius 2 is 2.07 bits per heavy atom. The molecule has 2 heterocycles. The van der Waals surface area contributed by atoms with Gasteiger partial charge in [-0.15, -0.1) is 23.1 Å². The van der Waals surface area contributed by atoms with Crippen LogP contribution < -0.4 is 10.9 Å². The Bertz CT molecular complexity index is 933. The molecular weight excluding hydrogens is 386 g/mol. The largest absolute Gasteiger partial charge is 0.452 e. The monoisotopic (exact) mass is 409 g/mol. The molecule has 2 atom stereocenters. The maximum absolute atomic E-state index is 12.3. The lowest BCUT2D eigenvalue weighted by Gasteiger charge is -2.16. The number of hydrogen-bond donors (Lipinski definition) is 2. The third kappa shape index (κ3) is 4.70. The smallest absolute Gasteiger partial charge is 0.319 e. The van der Waals surface area contributed by atoms with Crippen LogP contribution in [0.3, 0.4) is 0 Å². The van der Waals surface area contributed by atoms with Crippen molar-refractivity contribution in [2.75, 3.05) is 0 Å². The lowest BCUT2D eigenvalue weighted by Crippen LogP contribution is -2.38. The molecule has 0 radical (unpaired) electrons. The van der Waals surface area contributed by atoms with Gasteiger partial charge in [0.25, 0.3) is 11.5 Å². The van der Waals surface area contributed by atoms with E-state index in [-0.39, 0.29) is 17.5 Å². The third-order valence-corrected chi connectivity index (χ3v) is 6.71. The molecule has 3 rings (SSSR count). The van der Waals surface area contributed by atoms with Gasteiger partial charge in [-0.1, -0.05) is 0 Å². The first-order valence-electron chi connectivity index (χ1n) is 8.87. The lowest BCUT2D eigenvalue weighted by atomic mass is 10.2. The van der Waals surface area contributed by atoms with Crippen LogP contribution in [-0.2, 0) is 20.1 Å². The summed E-state index contributed by atoms with van der Waals surface area (Å²) in [7, 11) is 0. The van der Waals surface area contributed by atoms with E-state index in [1.54, 1.807) is 13.8 Å². The number of nitrogens with zero attached hydrogens (tertiary/aromatic N) is 1. The number of thiophene rings is 1. The summed E-state index contributed by atoms with van der Waals surface area (Å²) in [4.78, 5) is 45.4. The number of aromatic amines is 1. The van der Waals surface area contributed by atoms with E-state index in [0.29, 0.717) is 21.8 Å². The van der Waals surface area contributed by atoms with Crippen molar-refractivity contribution in [1.82, 2.24) is 15.3 Å². The van der Waals surface area contributed by atoms with Gasteiger partial charge in [0.05, 0.1) is 11.1 Å². The average Bonchev–Trinajstić information content (AvgIpc) is 3.37. The zero-order valence-corrected chi connectivity index (χ0v) is 17.4. The summed E-state index contributed by atoms with van der Waals surface area (Å²) in [6.45, 7) is 7.17. The van der Waals surface area contributed by atoms with E-state index in [9.17, 15) is 14.4 Å². The molecule has 9 heteroatoms. The fourth-order valence-electron chi connectivity index (χ4n) is 2.51. The molecule has 1 aliphatic rings. The predicted molar refractivity (Wildman–Crippen MR) is 107 cm³/mol. The van der Waals surface area contributed by atoms with E-state index < -0.39 is 17.3 Å². The number of H-pyrrole nitrogens is 1. The normalized spacial score (nSPS) is 16.1. The maximum Gasteiger partial charge on any atom is 0.319 e. The molecule has 0 aromatic carbocycles. The van der Waals surface area contributed by atoms with Crippen LogP contribution >= 0.6 is 23.1 Å². The number of aryl methyl sites for hydroxylation is 2. The second-order valence-electron chi connectivity index (χ2n) is 6.79. The second kappa shape index (κ2) is 8.02. The molecule has 1 amide bonds. The number of fused-ring (bicyclic) bond motifs is 1. The van der Waals surface area contributed by atoms with Crippen LogP contribution in [0.2, 0.25) is 0 Å². The van der Waals surface area contributed by atoms with E-state index >= 15 is 0 Å². The number of carbonyl (C=O) groups excluding carboxylic acids is 2. The minimum absolute atomic E-state index is 0.155. The molecular formula is C18H23N3O4S2. The summed E-state index contributed by atoms with van der Waals surface area (Å²) < 4.78 is 5.24. The quantitative estimate of drug-likeness (QED) is 0.681. The van der Waals surface area contributed by atoms with Crippen LogP contribution in [0.15, 0.2) is 4.79 Å². The number of hydrogen-bond acceptors (Lipinski definition) is 7. The topological polar surface area (TPSA) is 101 Å². The highest BCUT2D eigenvalue weighted by molar-refractivity contribution is 7.99. The summed E-state index contributed by atoms with van der Waals surface area (Å²) in [6, 6.07) is 0.229. The molecule has 1 fully saturated rings. The van der Waals surface area contributed by atoms with Crippen LogP contribution in [0, 0.1) is 13.8 Å². The molecule has 27 heavy (non-hydrogen) atoms. The first kappa shape index (κ1) is 19.9. The Kier molecular flexibility index (Phi) is 5.90. The van der Waals surface area contributed by atoms with Crippen molar-refractivity contribution in [1.29, 1.82) is 0 Å². The van der Waals surface area contributed by atoms with Gasteiger partial charge in [-0.25, -0.2) is 4.98 Å². The molecule has 0 aliphatic heterocycles. The number of carbonyl (C=O) groups is 2. The first-order valence-corrected chi connectivity index (χ1v) is 10.7. The van der Waals surface area contributed by atoms with E-state index in [2.05, 4.69) is 15.3 Å². The fourth-order valence-corrected chi connectivity index (χ4v) is 4.29. The average molecular weight is 410 g/mol. The van der Waals surface area contributed by atoms with Crippen LogP contribution in [-0.4, -0.2) is 39.2 Å². The van der Waals surface area contributed by atoms with Crippen LogP contribution in [0.4, 0.5) is 0 Å². The van der Waals surface area contributed by atoms with Crippen molar-refractivity contribution < 1.29 is 14.3 Å². The molecule has 0 saturated heterocycles. The number of aromatic nitrogens is 2. The summed E-state index contributed by atoms with van der Waals surface area (Å²) in [5.41, 5.74) is 0.802. The third-order valence-electron chi connectivity index (χ3n) is 4.48. The number of nitrogens with one attached hydrogen (secondary N) is 2. The number of esters is 1. The zero-order valence-electron chi connectivity index (χ0n) is 15.8. The van der Waals surface area contributed by atoms with E-state index in [1.807, 2.05) is 13.8 Å². The highest BCUT2D eigenvalue weighted by Crippen LogP contribution is 2.26. The molecule has 1 aliphatic carbocycles. The Morgan fingerprint density at radius 3 is 2.74 bits per heavy atom. The summed E-state index contributed by atoms with van der Waals surface area (Å²) in [5, 5.41) is 2.97. The van der Waals surface area contributed by atoms with Gasteiger partial charge in [0, 0.05) is 10.9 Å². The number of thioether (sulfide) groups is 1. The van der Waals surface area contributed by atoms with Gasteiger partial charge in [-0.2, -0.15) is 0 Å². The second-order valence-corrected chi connectivity index (χ2v) is 9.32. The van der Waals surface area contributed by atoms with E-state index in [0.717, 1.165) is 23.3 Å². The molecule has 7 nitrogen and oxygen atoms in total. The van der Waals surface area contributed by atoms with Crippen molar-refractivity contribution in [3.63, 3.8) is 0 Å². The van der Waals surface area contributed by atoms with Crippen molar-refractivity contribution >= 4 is 45.2 Å². The predicted octanol–water partition coefficient (Wildman–Crippen LogP) is 2.43. The Balaban J connectivity index is 1.57. The molecule has 0 spiro atoms. The van der Waals surface area contributed by atoms with Gasteiger partial charge in [0.15, 0.2) is 6.10 Å². The zero-order chi connectivity index (χ0) is 19.7. The molecule has 0 bridgehead atoms. The van der Waals surface area contributed by atoms with Crippen molar-refractivity contribution in [3.05, 3.63) is 26.6 Å². The van der Waals surface area contributed by atoms with Gasteiger partial charge in [0.1, 0.15) is 15.9 Å². The number of rotatable bonds is 7. The van der Waals surface area contributed by atoms with Crippen LogP contribution in [0.1, 0.15) is 43.0 Å². The van der Waals surface area contributed by atoms with Crippen molar-refractivity contribution in [3.8, 4) is 0 Å². The molecule has 1 saturated carbocycles.